The van der Waals surface area contributed by atoms with Gasteiger partial charge >= 0.3 is 6.18 Å². The largest absolute Gasteiger partial charge is 0.402 e. The van der Waals surface area contributed by atoms with Crippen LogP contribution in [0.2, 0.25) is 10.0 Å². The SMILES string of the molecule is FC(F)(F)CNNC(=S)Nc1ccc(Cl)cc1Cl. The Bertz CT molecular complexity index is 440. The lowest BCUT2D eigenvalue weighted by Gasteiger charge is -2.13. The molecule has 100 valence electrons. The van der Waals surface area contributed by atoms with Crippen LogP contribution in [0, 0.1) is 0 Å². The van der Waals surface area contributed by atoms with E-state index < -0.39 is 12.7 Å². The molecule has 0 atom stereocenters. The fourth-order valence-electron chi connectivity index (χ4n) is 0.969. The van der Waals surface area contributed by atoms with Crippen molar-refractivity contribution in [1.82, 2.24) is 10.9 Å². The summed E-state index contributed by atoms with van der Waals surface area (Å²) in [6.07, 6.45) is -4.32. The third-order valence-corrected chi connectivity index (χ3v) is 2.42. The van der Waals surface area contributed by atoms with Crippen molar-refractivity contribution in [3.63, 3.8) is 0 Å². The van der Waals surface area contributed by atoms with Crippen LogP contribution in [0.1, 0.15) is 0 Å². The Hall–Kier alpha value is -0.760. The topological polar surface area (TPSA) is 36.1 Å². The summed E-state index contributed by atoms with van der Waals surface area (Å²) in [5.74, 6) is 0. The predicted octanol–water partition coefficient (Wildman–Crippen LogP) is 3.35. The Morgan fingerprint density at radius 2 is 1.94 bits per heavy atom. The summed E-state index contributed by atoms with van der Waals surface area (Å²) in [6.45, 7) is -1.21. The van der Waals surface area contributed by atoms with Crippen LogP contribution >= 0.6 is 35.4 Å². The number of hydrogen-bond donors (Lipinski definition) is 3. The number of thiocarbonyl (C=S) groups is 1. The molecule has 3 nitrogen and oxygen atoms in total. The fourth-order valence-corrected chi connectivity index (χ4v) is 1.61. The lowest BCUT2D eigenvalue weighted by atomic mass is 10.3. The summed E-state index contributed by atoms with van der Waals surface area (Å²) in [5, 5.41) is 3.34. The Balaban J connectivity index is 2.45. The van der Waals surface area contributed by atoms with E-state index in [1.54, 1.807) is 12.1 Å². The Morgan fingerprint density at radius 3 is 2.50 bits per heavy atom. The van der Waals surface area contributed by atoms with Gasteiger partial charge in [0.25, 0.3) is 0 Å². The molecule has 0 unspecified atom stereocenters. The van der Waals surface area contributed by atoms with Gasteiger partial charge in [-0.2, -0.15) is 13.2 Å². The van der Waals surface area contributed by atoms with Gasteiger partial charge in [0, 0.05) is 5.02 Å². The minimum Gasteiger partial charge on any atom is -0.330 e. The molecule has 18 heavy (non-hydrogen) atoms. The molecular formula is C9H8Cl2F3N3S. The van der Waals surface area contributed by atoms with Gasteiger partial charge in [0.2, 0.25) is 0 Å². The molecule has 1 aromatic carbocycles. The maximum Gasteiger partial charge on any atom is 0.402 e. The summed E-state index contributed by atoms with van der Waals surface area (Å²) in [6, 6.07) is 4.61. The molecule has 0 aliphatic rings. The number of anilines is 1. The molecule has 0 saturated heterocycles. The number of rotatable bonds is 3. The molecule has 9 heteroatoms. The number of hydrazine groups is 1. The van der Waals surface area contributed by atoms with Crippen molar-refractivity contribution in [2.24, 2.45) is 0 Å². The maximum absolute atomic E-state index is 11.8. The number of hydrogen-bond acceptors (Lipinski definition) is 2. The molecule has 0 radical (unpaired) electrons. The highest BCUT2D eigenvalue weighted by Crippen LogP contribution is 2.25. The van der Waals surface area contributed by atoms with Gasteiger partial charge in [-0.1, -0.05) is 23.2 Å². The molecule has 0 aliphatic carbocycles. The molecule has 1 rings (SSSR count). The minimum absolute atomic E-state index is 0.0385. The number of nitrogens with one attached hydrogen (secondary N) is 3. The van der Waals surface area contributed by atoms with Crippen molar-refractivity contribution in [3.8, 4) is 0 Å². The van der Waals surface area contributed by atoms with Crippen LogP contribution in [0.15, 0.2) is 18.2 Å². The Labute approximate surface area is 117 Å². The molecule has 0 saturated carbocycles. The number of benzene rings is 1. The van der Waals surface area contributed by atoms with Crippen molar-refractivity contribution >= 4 is 46.2 Å². The van der Waals surface area contributed by atoms with Gasteiger partial charge in [-0.05, 0) is 30.4 Å². The average Bonchev–Trinajstić information content (AvgIpc) is 2.20. The first-order chi connectivity index (χ1) is 8.28. The van der Waals surface area contributed by atoms with E-state index in [4.69, 9.17) is 35.4 Å². The minimum atomic E-state index is -4.32. The van der Waals surface area contributed by atoms with E-state index in [0.717, 1.165) is 0 Å². The molecule has 0 heterocycles. The first kappa shape index (κ1) is 15.3. The Morgan fingerprint density at radius 1 is 1.28 bits per heavy atom. The second-order valence-corrected chi connectivity index (χ2v) is 4.42. The second-order valence-electron chi connectivity index (χ2n) is 3.17. The standard InChI is InChI=1S/C9H8Cl2F3N3S/c10-5-1-2-7(6(11)3-5)16-8(18)17-15-4-9(12,13)14/h1-3,15H,4H2,(H2,16,17,18). The molecule has 3 N–H and O–H groups in total. The third-order valence-electron chi connectivity index (χ3n) is 1.67. The van der Waals surface area contributed by atoms with E-state index in [1.165, 1.54) is 6.07 Å². The average molecular weight is 318 g/mol. The number of halogens is 5. The maximum atomic E-state index is 11.8. The zero-order chi connectivity index (χ0) is 13.8. The van der Waals surface area contributed by atoms with E-state index in [2.05, 4.69) is 10.7 Å². The van der Waals surface area contributed by atoms with Gasteiger partial charge in [-0.25, -0.2) is 5.43 Å². The van der Waals surface area contributed by atoms with Crippen LogP contribution in [0.4, 0.5) is 18.9 Å². The molecule has 0 aromatic heterocycles. The summed E-state index contributed by atoms with van der Waals surface area (Å²) in [7, 11) is 0. The van der Waals surface area contributed by atoms with E-state index in [0.29, 0.717) is 15.7 Å². The van der Waals surface area contributed by atoms with Crippen LogP contribution in [-0.2, 0) is 0 Å². The van der Waals surface area contributed by atoms with Crippen LogP contribution in [0.25, 0.3) is 0 Å². The normalized spacial score (nSPS) is 11.2. The third kappa shape index (κ3) is 5.72. The van der Waals surface area contributed by atoms with E-state index in [9.17, 15) is 13.2 Å². The van der Waals surface area contributed by atoms with Gasteiger partial charge < -0.3 is 5.32 Å². The quantitative estimate of drug-likeness (QED) is 0.590. The summed E-state index contributed by atoms with van der Waals surface area (Å²) in [5.41, 5.74) is 4.55. The van der Waals surface area contributed by atoms with Gasteiger partial charge in [0.05, 0.1) is 10.7 Å². The first-order valence-corrected chi connectivity index (χ1v) is 5.76. The highest BCUT2D eigenvalue weighted by Gasteiger charge is 2.26. The van der Waals surface area contributed by atoms with E-state index in [-0.39, 0.29) is 5.11 Å². The lowest BCUT2D eigenvalue weighted by Crippen LogP contribution is -2.44. The van der Waals surface area contributed by atoms with Crippen LogP contribution in [0.3, 0.4) is 0 Å². The molecule has 0 aliphatic heterocycles. The van der Waals surface area contributed by atoms with Crippen molar-refractivity contribution in [3.05, 3.63) is 28.2 Å². The predicted molar refractivity (Wildman–Crippen MR) is 69.9 cm³/mol. The van der Waals surface area contributed by atoms with Crippen molar-refractivity contribution in [1.29, 1.82) is 0 Å². The Kier molecular flexibility index (Phi) is 5.46. The summed E-state index contributed by atoms with van der Waals surface area (Å²) < 4.78 is 35.5. The van der Waals surface area contributed by atoms with Gasteiger partial charge in [0.15, 0.2) is 5.11 Å². The van der Waals surface area contributed by atoms with Crippen molar-refractivity contribution in [2.75, 3.05) is 11.9 Å². The van der Waals surface area contributed by atoms with Crippen LogP contribution in [0.5, 0.6) is 0 Å². The summed E-state index contributed by atoms with van der Waals surface area (Å²) >= 11 is 16.3. The fraction of sp³-hybridized carbons (Fsp3) is 0.222. The zero-order valence-electron chi connectivity index (χ0n) is 8.74. The van der Waals surface area contributed by atoms with E-state index >= 15 is 0 Å². The van der Waals surface area contributed by atoms with Crippen LogP contribution < -0.4 is 16.2 Å². The molecule has 1 aromatic rings. The monoisotopic (exact) mass is 317 g/mol. The zero-order valence-corrected chi connectivity index (χ0v) is 11.1. The highest BCUT2D eigenvalue weighted by atomic mass is 35.5. The van der Waals surface area contributed by atoms with Gasteiger partial charge in [-0.3, -0.25) is 5.43 Å². The molecule has 0 bridgehead atoms. The molecule has 0 fully saturated rings. The van der Waals surface area contributed by atoms with Crippen molar-refractivity contribution < 1.29 is 13.2 Å². The van der Waals surface area contributed by atoms with Crippen molar-refractivity contribution in [2.45, 2.75) is 6.18 Å². The highest BCUT2D eigenvalue weighted by molar-refractivity contribution is 7.80. The first-order valence-electron chi connectivity index (χ1n) is 4.59. The van der Waals surface area contributed by atoms with Gasteiger partial charge in [0.1, 0.15) is 6.54 Å². The smallest absolute Gasteiger partial charge is 0.330 e. The molecule has 0 amide bonds. The lowest BCUT2D eigenvalue weighted by molar-refractivity contribution is -0.125. The van der Waals surface area contributed by atoms with Gasteiger partial charge in [-0.15, -0.1) is 0 Å². The van der Waals surface area contributed by atoms with E-state index in [1.807, 2.05) is 5.43 Å². The molecular weight excluding hydrogens is 310 g/mol. The number of alkyl halides is 3. The summed E-state index contributed by atoms with van der Waals surface area (Å²) in [4.78, 5) is 0. The second kappa shape index (κ2) is 6.42. The van der Waals surface area contributed by atoms with Crippen LogP contribution in [-0.4, -0.2) is 17.8 Å². The molecule has 0 spiro atoms.